The second-order valence-electron chi connectivity index (χ2n) is 4.82. The minimum atomic E-state index is 0.649. The molecule has 0 heterocycles. The lowest BCUT2D eigenvalue weighted by molar-refractivity contribution is 0.512. The van der Waals surface area contributed by atoms with Gasteiger partial charge in [0.2, 0.25) is 0 Å². The van der Waals surface area contributed by atoms with Crippen LogP contribution >= 0.6 is 0 Å². The van der Waals surface area contributed by atoms with Crippen molar-refractivity contribution in [3.63, 3.8) is 0 Å². The number of rotatable bonds is 6. The molecule has 16 heavy (non-hydrogen) atoms. The average Bonchev–Trinajstić information content (AvgIpc) is 2.22. The maximum Gasteiger partial charge on any atom is 0.00387 e. The first-order valence-corrected chi connectivity index (χ1v) is 6.43. The third kappa shape index (κ3) is 4.36. The Morgan fingerprint density at radius 3 is 2.62 bits per heavy atom. The molecule has 1 aromatic rings. The quantitative estimate of drug-likeness (QED) is 0.770. The molecule has 0 aliphatic heterocycles. The monoisotopic (exact) mass is 219 g/mol. The third-order valence-corrected chi connectivity index (χ3v) is 3.11. The summed E-state index contributed by atoms with van der Waals surface area (Å²) in [4.78, 5) is 0. The highest BCUT2D eigenvalue weighted by Gasteiger charge is 2.01. The molecule has 1 N–H and O–H groups in total. The van der Waals surface area contributed by atoms with Crippen molar-refractivity contribution >= 4 is 0 Å². The van der Waals surface area contributed by atoms with Crippen LogP contribution in [0.4, 0.5) is 0 Å². The van der Waals surface area contributed by atoms with Crippen molar-refractivity contribution in [1.82, 2.24) is 5.32 Å². The zero-order valence-corrected chi connectivity index (χ0v) is 11.1. The number of hydrogen-bond acceptors (Lipinski definition) is 1. The summed E-state index contributed by atoms with van der Waals surface area (Å²) in [5.74, 6) is 0. The van der Waals surface area contributed by atoms with Crippen molar-refractivity contribution < 1.29 is 0 Å². The summed E-state index contributed by atoms with van der Waals surface area (Å²) in [6.45, 7) is 9.95. The summed E-state index contributed by atoms with van der Waals surface area (Å²) >= 11 is 0. The van der Waals surface area contributed by atoms with Crippen LogP contribution in [-0.4, -0.2) is 12.6 Å². The Hall–Kier alpha value is -0.820. The van der Waals surface area contributed by atoms with Crippen LogP contribution in [0.1, 0.15) is 43.4 Å². The molecular formula is C15H25N. The first-order chi connectivity index (χ1) is 7.63. The van der Waals surface area contributed by atoms with Crippen molar-refractivity contribution in [3.8, 4) is 0 Å². The second-order valence-corrected chi connectivity index (χ2v) is 4.82. The summed E-state index contributed by atoms with van der Waals surface area (Å²) < 4.78 is 0. The molecule has 90 valence electrons. The van der Waals surface area contributed by atoms with Crippen LogP contribution in [0.25, 0.3) is 0 Å². The maximum atomic E-state index is 3.57. The van der Waals surface area contributed by atoms with Gasteiger partial charge in [-0.05, 0) is 51.3 Å². The number of aryl methyl sites for hydroxylation is 2. The standard InChI is InChI=1S/C15H25N/c1-5-6-14(4)16-10-9-15-8-7-12(2)11-13(15)3/h7-8,11,14,16H,5-6,9-10H2,1-4H3. The Morgan fingerprint density at radius 2 is 2.00 bits per heavy atom. The Bertz CT molecular complexity index is 317. The summed E-state index contributed by atoms with van der Waals surface area (Å²) in [5, 5.41) is 3.57. The van der Waals surface area contributed by atoms with Crippen molar-refractivity contribution in [2.45, 2.75) is 53.0 Å². The molecule has 1 atom stereocenters. The molecule has 0 aromatic heterocycles. The van der Waals surface area contributed by atoms with Gasteiger partial charge >= 0.3 is 0 Å². The molecule has 1 aromatic carbocycles. The third-order valence-electron chi connectivity index (χ3n) is 3.11. The van der Waals surface area contributed by atoms with Gasteiger partial charge in [-0.1, -0.05) is 37.1 Å². The summed E-state index contributed by atoms with van der Waals surface area (Å²) in [5.41, 5.74) is 4.25. The predicted molar refractivity (Wildman–Crippen MR) is 72.0 cm³/mol. The smallest absolute Gasteiger partial charge is 0.00387 e. The highest BCUT2D eigenvalue weighted by Crippen LogP contribution is 2.10. The van der Waals surface area contributed by atoms with E-state index in [4.69, 9.17) is 0 Å². The van der Waals surface area contributed by atoms with Gasteiger partial charge in [0, 0.05) is 6.04 Å². The topological polar surface area (TPSA) is 12.0 Å². The van der Waals surface area contributed by atoms with E-state index in [0.29, 0.717) is 6.04 Å². The van der Waals surface area contributed by atoms with Crippen LogP contribution in [0.15, 0.2) is 18.2 Å². The molecule has 1 heteroatoms. The van der Waals surface area contributed by atoms with E-state index in [9.17, 15) is 0 Å². The van der Waals surface area contributed by atoms with Gasteiger partial charge in [0.1, 0.15) is 0 Å². The highest BCUT2D eigenvalue weighted by molar-refractivity contribution is 5.30. The number of hydrogen-bond donors (Lipinski definition) is 1. The molecule has 0 amide bonds. The fraction of sp³-hybridized carbons (Fsp3) is 0.600. The van der Waals surface area contributed by atoms with E-state index < -0.39 is 0 Å². The van der Waals surface area contributed by atoms with Crippen LogP contribution in [0, 0.1) is 13.8 Å². The van der Waals surface area contributed by atoms with E-state index in [1.54, 1.807) is 0 Å². The Labute approximate surface area is 100 Å². The van der Waals surface area contributed by atoms with E-state index in [1.165, 1.54) is 29.5 Å². The first-order valence-electron chi connectivity index (χ1n) is 6.43. The minimum Gasteiger partial charge on any atom is -0.314 e. The van der Waals surface area contributed by atoms with Gasteiger partial charge in [-0.25, -0.2) is 0 Å². The van der Waals surface area contributed by atoms with Crippen molar-refractivity contribution in [2.24, 2.45) is 0 Å². The van der Waals surface area contributed by atoms with Crippen LogP contribution in [0.3, 0.4) is 0 Å². The molecule has 0 spiro atoms. The van der Waals surface area contributed by atoms with Crippen LogP contribution in [0.5, 0.6) is 0 Å². The van der Waals surface area contributed by atoms with Crippen LogP contribution in [-0.2, 0) is 6.42 Å². The zero-order chi connectivity index (χ0) is 12.0. The van der Waals surface area contributed by atoms with Gasteiger partial charge in [0.25, 0.3) is 0 Å². The average molecular weight is 219 g/mol. The molecule has 0 aliphatic carbocycles. The summed E-state index contributed by atoms with van der Waals surface area (Å²) in [6.07, 6.45) is 3.67. The Morgan fingerprint density at radius 1 is 1.25 bits per heavy atom. The zero-order valence-electron chi connectivity index (χ0n) is 11.1. The molecule has 0 aliphatic rings. The minimum absolute atomic E-state index is 0.649. The van der Waals surface area contributed by atoms with Crippen molar-refractivity contribution in [1.29, 1.82) is 0 Å². The summed E-state index contributed by atoms with van der Waals surface area (Å²) in [7, 11) is 0. The molecule has 1 rings (SSSR count). The van der Waals surface area contributed by atoms with Gasteiger partial charge in [-0.2, -0.15) is 0 Å². The summed E-state index contributed by atoms with van der Waals surface area (Å²) in [6, 6.07) is 7.38. The van der Waals surface area contributed by atoms with Crippen molar-refractivity contribution in [2.75, 3.05) is 6.54 Å². The molecular weight excluding hydrogens is 194 g/mol. The molecule has 0 saturated carbocycles. The fourth-order valence-corrected chi connectivity index (χ4v) is 2.11. The predicted octanol–water partition coefficient (Wildman–Crippen LogP) is 3.62. The highest BCUT2D eigenvalue weighted by atomic mass is 14.9. The molecule has 0 bridgehead atoms. The lowest BCUT2D eigenvalue weighted by atomic mass is 10.0. The molecule has 0 fully saturated rings. The van der Waals surface area contributed by atoms with E-state index in [1.807, 2.05) is 0 Å². The van der Waals surface area contributed by atoms with E-state index >= 15 is 0 Å². The first kappa shape index (κ1) is 13.2. The normalized spacial score (nSPS) is 12.8. The molecule has 0 saturated heterocycles. The van der Waals surface area contributed by atoms with E-state index in [-0.39, 0.29) is 0 Å². The second kappa shape index (κ2) is 6.70. The molecule has 1 unspecified atom stereocenters. The van der Waals surface area contributed by atoms with E-state index in [2.05, 4.69) is 51.2 Å². The largest absolute Gasteiger partial charge is 0.314 e. The lowest BCUT2D eigenvalue weighted by Gasteiger charge is -2.13. The maximum absolute atomic E-state index is 3.57. The SMILES string of the molecule is CCCC(C)NCCc1ccc(C)cc1C. The Balaban J connectivity index is 2.37. The number of benzene rings is 1. The van der Waals surface area contributed by atoms with Crippen LogP contribution in [0.2, 0.25) is 0 Å². The van der Waals surface area contributed by atoms with Gasteiger partial charge in [-0.3, -0.25) is 0 Å². The Kier molecular flexibility index (Phi) is 5.54. The van der Waals surface area contributed by atoms with Gasteiger partial charge in [0.15, 0.2) is 0 Å². The molecule has 0 radical (unpaired) electrons. The van der Waals surface area contributed by atoms with Gasteiger partial charge < -0.3 is 5.32 Å². The number of nitrogens with one attached hydrogen (secondary N) is 1. The fourth-order valence-electron chi connectivity index (χ4n) is 2.11. The van der Waals surface area contributed by atoms with E-state index in [0.717, 1.165) is 13.0 Å². The molecule has 1 nitrogen and oxygen atoms in total. The van der Waals surface area contributed by atoms with Gasteiger partial charge in [0.05, 0.1) is 0 Å². The lowest BCUT2D eigenvalue weighted by Crippen LogP contribution is -2.27. The van der Waals surface area contributed by atoms with Crippen LogP contribution < -0.4 is 5.32 Å². The van der Waals surface area contributed by atoms with Gasteiger partial charge in [-0.15, -0.1) is 0 Å². The van der Waals surface area contributed by atoms with Crippen molar-refractivity contribution in [3.05, 3.63) is 34.9 Å².